The Morgan fingerprint density at radius 2 is 1.94 bits per heavy atom. The number of carbonyl (C=O) groups excluding carboxylic acids is 1. The van der Waals surface area contributed by atoms with Gasteiger partial charge in [-0.3, -0.25) is 14.7 Å². The number of carbonyl (C=O) groups is 1. The lowest BCUT2D eigenvalue weighted by Crippen LogP contribution is -2.41. The van der Waals surface area contributed by atoms with Gasteiger partial charge < -0.3 is 10.1 Å². The Morgan fingerprint density at radius 3 is 2.66 bits per heavy atom. The van der Waals surface area contributed by atoms with E-state index in [-0.39, 0.29) is 11.9 Å². The van der Waals surface area contributed by atoms with Crippen LogP contribution in [0.3, 0.4) is 0 Å². The molecule has 1 N–H and O–H groups in total. The van der Waals surface area contributed by atoms with Crippen molar-refractivity contribution in [3.63, 3.8) is 0 Å². The van der Waals surface area contributed by atoms with Gasteiger partial charge in [0.15, 0.2) is 0 Å². The molecule has 0 radical (unpaired) electrons. The summed E-state index contributed by atoms with van der Waals surface area (Å²) in [5.74, 6) is 0.368. The van der Waals surface area contributed by atoms with Gasteiger partial charge in [-0.1, -0.05) is 24.3 Å². The Kier molecular flexibility index (Phi) is 7.64. The van der Waals surface area contributed by atoms with Crippen molar-refractivity contribution in [2.45, 2.75) is 31.8 Å². The Balaban J connectivity index is 1.41. The van der Waals surface area contributed by atoms with E-state index in [1.807, 2.05) is 35.1 Å². The third kappa shape index (κ3) is 5.60. The van der Waals surface area contributed by atoms with Crippen LogP contribution in [0, 0.1) is 5.92 Å². The first-order valence-corrected chi connectivity index (χ1v) is 11.2. The molecule has 1 amide bonds. The number of hydrogen-bond acceptors (Lipinski definition) is 5. The van der Waals surface area contributed by atoms with E-state index in [1.165, 1.54) is 5.56 Å². The van der Waals surface area contributed by atoms with Crippen LogP contribution in [0.1, 0.15) is 36.6 Å². The average molecular weight is 434 g/mol. The summed E-state index contributed by atoms with van der Waals surface area (Å²) in [5, 5.41) is 7.62. The molecule has 1 unspecified atom stereocenters. The molecule has 2 aromatic heterocycles. The first kappa shape index (κ1) is 22.2. The highest BCUT2D eigenvalue weighted by molar-refractivity contribution is 5.76. The van der Waals surface area contributed by atoms with Gasteiger partial charge in [-0.2, -0.15) is 5.10 Å². The number of rotatable bonds is 9. The van der Waals surface area contributed by atoms with Crippen molar-refractivity contribution in [3.8, 4) is 5.69 Å². The minimum absolute atomic E-state index is 0.0121. The molecule has 32 heavy (non-hydrogen) atoms. The number of nitrogens with one attached hydrogen (secondary N) is 1. The van der Waals surface area contributed by atoms with E-state index < -0.39 is 0 Å². The maximum absolute atomic E-state index is 12.4. The van der Waals surface area contributed by atoms with Crippen LogP contribution in [0.25, 0.3) is 5.69 Å². The molecule has 0 spiro atoms. The highest BCUT2D eigenvalue weighted by atomic mass is 16.5. The average Bonchev–Trinajstić information content (AvgIpc) is 3.38. The van der Waals surface area contributed by atoms with Gasteiger partial charge in [0.1, 0.15) is 0 Å². The number of benzene rings is 1. The second kappa shape index (κ2) is 11.0. The van der Waals surface area contributed by atoms with Crippen LogP contribution < -0.4 is 5.32 Å². The van der Waals surface area contributed by atoms with Gasteiger partial charge in [-0.25, -0.2) is 4.68 Å². The van der Waals surface area contributed by atoms with Crippen molar-refractivity contribution in [1.82, 2.24) is 25.0 Å². The highest BCUT2D eigenvalue weighted by Gasteiger charge is 2.30. The molecule has 4 rings (SSSR count). The lowest BCUT2D eigenvalue weighted by atomic mass is 9.87. The second-order valence-corrected chi connectivity index (χ2v) is 8.24. The predicted molar refractivity (Wildman–Crippen MR) is 123 cm³/mol. The van der Waals surface area contributed by atoms with Crippen LogP contribution >= 0.6 is 0 Å². The molecule has 0 bridgehead atoms. The van der Waals surface area contributed by atoms with Crippen LogP contribution in [0.5, 0.6) is 0 Å². The van der Waals surface area contributed by atoms with Gasteiger partial charge in [0.2, 0.25) is 5.91 Å². The smallest absolute Gasteiger partial charge is 0.222 e. The second-order valence-electron chi connectivity index (χ2n) is 8.24. The zero-order chi connectivity index (χ0) is 22.2. The molecule has 1 aromatic carbocycles. The first-order chi connectivity index (χ1) is 15.7. The number of aromatic nitrogens is 3. The van der Waals surface area contributed by atoms with Crippen LogP contribution in [-0.2, 0) is 16.1 Å². The van der Waals surface area contributed by atoms with Gasteiger partial charge in [0.05, 0.1) is 24.0 Å². The van der Waals surface area contributed by atoms with E-state index in [4.69, 9.17) is 4.74 Å². The summed E-state index contributed by atoms with van der Waals surface area (Å²) in [6, 6.07) is 16.2. The van der Waals surface area contributed by atoms with Gasteiger partial charge in [-0.05, 0) is 61.7 Å². The van der Waals surface area contributed by atoms with E-state index in [9.17, 15) is 4.79 Å². The van der Waals surface area contributed by atoms with Crippen molar-refractivity contribution in [1.29, 1.82) is 0 Å². The topological polar surface area (TPSA) is 72.3 Å². The van der Waals surface area contributed by atoms with Crippen molar-refractivity contribution in [2.75, 3.05) is 26.8 Å². The van der Waals surface area contributed by atoms with Crippen LogP contribution in [-0.4, -0.2) is 52.4 Å². The molecular formula is C25H31N5O2. The number of nitrogens with zero attached hydrogens (tertiary/aromatic N) is 4. The molecule has 0 saturated carbocycles. The van der Waals surface area contributed by atoms with Crippen LogP contribution in [0.2, 0.25) is 0 Å². The van der Waals surface area contributed by atoms with Crippen molar-refractivity contribution in [3.05, 3.63) is 78.4 Å². The Hall–Kier alpha value is -3.03. The standard InChI is InChI=1S/C25H31N5O2/c1-32-18-12-24(31)28-25(22-8-4-5-13-26-22)20-10-16-29(17-11-20)19-21-7-2-3-9-23(21)30-15-6-14-27-30/h2-9,13-15,20,25H,10-12,16-19H2,1H3,(H,28,31). The fourth-order valence-electron chi connectivity index (χ4n) is 4.40. The molecule has 1 aliphatic heterocycles. The summed E-state index contributed by atoms with van der Waals surface area (Å²) in [6.45, 7) is 3.27. The number of hydrogen-bond donors (Lipinski definition) is 1. The number of para-hydroxylation sites is 1. The quantitative estimate of drug-likeness (QED) is 0.560. The van der Waals surface area contributed by atoms with Crippen LogP contribution in [0.15, 0.2) is 67.1 Å². The number of amides is 1. The van der Waals surface area contributed by atoms with Gasteiger partial charge >= 0.3 is 0 Å². The van der Waals surface area contributed by atoms with E-state index in [0.29, 0.717) is 18.9 Å². The Bertz CT molecular complexity index is 969. The van der Waals surface area contributed by atoms with E-state index in [1.54, 1.807) is 19.5 Å². The number of ether oxygens (including phenoxy) is 1. The predicted octanol–water partition coefficient (Wildman–Crippen LogP) is 3.37. The normalized spacial score (nSPS) is 16.0. The number of pyridine rings is 1. The van der Waals surface area contributed by atoms with Crippen molar-refractivity contribution >= 4 is 5.91 Å². The largest absolute Gasteiger partial charge is 0.384 e. The minimum atomic E-state index is -0.0703. The molecule has 1 saturated heterocycles. The molecule has 3 aromatic rings. The van der Waals surface area contributed by atoms with E-state index in [0.717, 1.165) is 43.9 Å². The first-order valence-electron chi connectivity index (χ1n) is 11.2. The van der Waals surface area contributed by atoms with Gasteiger partial charge in [0, 0.05) is 38.7 Å². The molecule has 7 heteroatoms. The Labute approximate surface area is 189 Å². The van der Waals surface area contributed by atoms with Gasteiger partial charge in [-0.15, -0.1) is 0 Å². The number of likely N-dealkylation sites (tertiary alicyclic amines) is 1. The monoisotopic (exact) mass is 433 g/mol. The van der Waals surface area contributed by atoms with Crippen molar-refractivity contribution < 1.29 is 9.53 Å². The molecular weight excluding hydrogens is 402 g/mol. The third-order valence-electron chi connectivity index (χ3n) is 6.10. The van der Waals surface area contributed by atoms with Gasteiger partial charge in [0.25, 0.3) is 0 Å². The lowest BCUT2D eigenvalue weighted by molar-refractivity contribution is -0.123. The maximum atomic E-state index is 12.4. The molecule has 1 atom stereocenters. The molecule has 3 heterocycles. The summed E-state index contributed by atoms with van der Waals surface area (Å²) in [5.41, 5.74) is 3.32. The zero-order valence-electron chi connectivity index (χ0n) is 18.6. The van der Waals surface area contributed by atoms with Crippen molar-refractivity contribution in [2.24, 2.45) is 5.92 Å². The number of piperidine rings is 1. The molecule has 1 aliphatic rings. The number of methoxy groups -OCH3 is 1. The van der Waals surface area contributed by atoms with E-state index in [2.05, 4.69) is 44.6 Å². The molecule has 168 valence electrons. The summed E-state index contributed by atoms with van der Waals surface area (Å²) >= 11 is 0. The molecule has 1 fully saturated rings. The van der Waals surface area contributed by atoms with Crippen LogP contribution in [0.4, 0.5) is 0 Å². The highest BCUT2D eigenvalue weighted by Crippen LogP contribution is 2.31. The fourth-order valence-corrected chi connectivity index (χ4v) is 4.40. The summed E-state index contributed by atoms with van der Waals surface area (Å²) in [6.07, 6.45) is 7.97. The summed E-state index contributed by atoms with van der Waals surface area (Å²) in [7, 11) is 1.61. The minimum Gasteiger partial charge on any atom is -0.384 e. The lowest BCUT2D eigenvalue weighted by Gasteiger charge is -2.36. The SMILES string of the molecule is COCCC(=O)NC(c1ccccn1)C1CCN(Cc2ccccc2-n2cccn2)CC1. The van der Waals surface area contributed by atoms with E-state index >= 15 is 0 Å². The maximum Gasteiger partial charge on any atom is 0.222 e. The molecule has 0 aliphatic carbocycles. The third-order valence-corrected chi connectivity index (χ3v) is 6.10. The fraction of sp³-hybridized carbons (Fsp3) is 0.400. The summed E-state index contributed by atoms with van der Waals surface area (Å²) < 4.78 is 6.99. The molecule has 7 nitrogen and oxygen atoms in total. The summed E-state index contributed by atoms with van der Waals surface area (Å²) in [4.78, 5) is 19.5. The zero-order valence-corrected chi connectivity index (χ0v) is 18.6. The Morgan fingerprint density at radius 1 is 1.12 bits per heavy atom.